The topological polar surface area (TPSA) is 64.0 Å². The molecule has 30 heavy (non-hydrogen) atoms. The Labute approximate surface area is 184 Å². The summed E-state index contributed by atoms with van der Waals surface area (Å²) >= 11 is 4.59. The van der Waals surface area contributed by atoms with Crippen LogP contribution in [-0.2, 0) is 6.54 Å². The number of rotatable bonds is 4. The second kappa shape index (κ2) is 8.12. The molecule has 0 bridgehead atoms. The van der Waals surface area contributed by atoms with Crippen LogP contribution in [0.25, 0.3) is 10.2 Å². The molecule has 0 aliphatic heterocycles. The van der Waals surface area contributed by atoms with Crippen LogP contribution in [0.5, 0.6) is 0 Å². The van der Waals surface area contributed by atoms with Crippen LogP contribution in [0, 0.1) is 19.7 Å². The molecule has 5 nitrogen and oxygen atoms in total. The van der Waals surface area contributed by atoms with Crippen molar-refractivity contribution in [2.75, 3.05) is 5.32 Å². The first-order valence-electron chi connectivity index (χ1n) is 9.14. The number of anilines is 1. The number of fused-ring (bicyclic) bond motifs is 1. The zero-order valence-electron chi connectivity index (χ0n) is 16.2. The summed E-state index contributed by atoms with van der Waals surface area (Å²) in [7, 11) is 0. The van der Waals surface area contributed by atoms with E-state index >= 15 is 0 Å². The number of carbonyl (C=O) groups excluding carboxylic acids is 1. The highest BCUT2D eigenvalue weighted by molar-refractivity contribution is 9.10. The van der Waals surface area contributed by atoms with Crippen molar-refractivity contribution in [3.63, 3.8) is 0 Å². The van der Waals surface area contributed by atoms with E-state index in [4.69, 9.17) is 0 Å². The van der Waals surface area contributed by atoms with Gasteiger partial charge in [-0.3, -0.25) is 14.2 Å². The van der Waals surface area contributed by atoms with E-state index in [-0.39, 0.29) is 23.8 Å². The largest absolute Gasteiger partial charge is 0.321 e. The number of hydrogen-bond acceptors (Lipinski definition) is 4. The molecule has 4 rings (SSSR count). The SMILES string of the molecule is Cc1cc(Br)ccc1NC(=O)c1sc2ncn(Cc3cccc(F)c3)c(=O)c2c1C. The monoisotopic (exact) mass is 485 g/mol. The zero-order chi connectivity index (χ0) is 21.4. The third-order valence-electron chi connectivity index (χ3n) is 4.80. The Morgan fingerprint density at radius 3 is 2.77 bits per heavy atom. The molecule has 1 N–H and O–H groups in total. The number of hydrogen-bond donors (Lipinski definition) is 1. The summed E-state index contributed by atoms with van der Waals surface area (Å²) in [5, 5.41) is 3.32. The van der Waals surface area contributed by atoms with Crippen molar-refractivity contribution in [3.05, 3.63) is 91.0 Å². The summed E-state index contributed by atoms with van der Waals surface area (Å²) in [6.45, 7) is 3.86. The van der Waals surface area contributed by atoms with Crippen molar-refractivity contribution in [2.24, 2.45) is 0 Å². The van der Waals surface area contributed by atoms with Crippen molar-refractivity contribution in [1.82, 2.24) is 9.55 Å². The summed E-state index contributed by atoms with van der Waals surface area (Å²) in [6.07, 6.45) is 1.44. The van der Waals surface area contributed by atoms with Crippen molar-refractivity contribution < 1.29 is 9.18 Å². The lowest BCUT2D eigenvalue weighted by Gasteiger charge is -2.08. The first-order chi connectivity index (χ1) is 14.3. The van der Waals surface area contributed by atoms with Crippen LogP contribution >= 0.6 is 27.3 Å². The lowest BCUT2D eigenvalue weighted by Crippen LogP contribution is -2.21. The summed E-state index contributed by atoms with van der Waals surface area (Å²) < 4.78 is 15.8. The Morgan fingerprint density at radius 2 is 2.03 bits per heavy atom. The highest BCUT2D eigenvalue weighted by Gasteiger charge is 2.20. The van der Waals surface area contributed by atoms with Gasteiger partial charge >= 0.3 is 0 Å². The molecule has 4 aromatic rings. The number of carbonyl (C=O) groups is 1. The Hall–Kier alpha value is -2.84. The van der Waals surface area contributed by atoms with E-state index in [2.05, 4.69) is 26.2 Å². The Balaban J connectivity index is 1.69. The number of benzene rings is 2. The molecule has 0 aliphatic carbocycles. The molecule has 0 saturated heterocycles. The third kappa shape index (κ3) is 3.93. The maximum Gasteiger partial charge on any atom is 0.266 e. The van der Waals surface area contributed by atoms with Gasteiger partial charge in [0.25, 0.3) is 11.5 Å². The highest BCUT2D eigenvalue weighted by Crippen LogP contribution is 2.28. The molecule has 0 saturated carbocycles. The molecule has 0 spiro atoms. The normalized spacial score (nSPS) is 11.1. The van der Waals surface area contributed by atoms with Gasteiger partial charge in [0.2, 0.25) is 0 Å². The van der Waals surface area contributed by atoms with E-state index in [9.17, 15) is 14.0 Å². The van der Waals surface area contributed by atoms with Crippen molar-refractivity contribution in [3.8, 4) is 0 Å². The molecule has 0 atom stereocenters. The van der Waals surface area contributed by atoms with E-state index in [0.717, 1.165) is 10.0 Å². The van der Waals surface area contributed by atoms with E-state index in [1.165, 1.54) is 34.4 Å². The third-order valence-corrected chi connectivity index (χ3v) is 6.49. The molecule has 0 unspecified atom stereocenters. The highest BCUT2D eigenvalue weighted by atomic mass is 79.9. The minimum atomic E-state index is -0.358. The molecular formula is C22H17BrFN3O2S. The number of nitrogens with zero attached hydrogens (tertiary/aromatic N) is 2. The van der Waals surface area contributed by atoms with E-state index < -0.39 is 0 Å². The summed E-state index contributed by atoms with van der Waals surface area (Å²) in [4.78, 5) is 31.2. The second-order valence-electron chi connectivity index (χ2n) is 6.96. The van der Waals surface area contributed by atoms with Gasteiger partial charge in [-0.05, 0) is 60.9 Å². The van der Waals surface area contributed by atoms with Gasteiger partial charge in [-0.15, -0.1) is 11.3 Å². The van der Waals surface area contributed by atoms with Gasteiger partial charge in [-0.1, -0.05) is 28.1 Å². The number of aromatic nitrogens is 2. The number of halogens is 2. The summed E-state index contributed by atoms with van der Waals surface area (Å²) in [6, 6.07) is 11.7. The van der Waals surface area contributed by atoms with Gasteiger partial charge in [0, 0.05) is 10.2 Å². The fraction of sp³-hybridized carbons (Fsp3) is 0.136. The quantitative estimate of drug-likeness (QED) is 0.427. The number of amides is 1. The van der Waals surface area contributed by atoms with E-state index in [0.29, 0.717) is 31.9 Å². The molecule has 0 fully saturated rings. The van der Waals surface area contributed by atoms with Gasteiger partial charge < -0.3 is 5.32 Å². The second-order valence-corrected chi connectivity index (χ2v) is 8.87. The molecule has 2 heterocycles. The zero-order valence-corrected chi connectivity index (χ0v) is 18.6. The van der Waals surface area contributed by atoms with Crippen LogP contribution in [0.1, 0.15) is 26.4 Å². The Kier molecular flexibility index (Phi) is 5.53. The maximum absolute atomic E-state index is 13.5. The summed E-state index contributed by atoms with van der Waals surface area (Å²) in [5.41, 5.74) is 2.63. The smallest absolute Gasteiger partial charge is 0.266 e. The molecule has 8 heteroatoms. The van der Waals surface area contributed by atoms with E-state index in [1.807, 2.05) is 25.1 Å². The minimum Gasteiger partial charge on any atom is -0.321 e. The van der Waals surface area contributed by atoms with Gasteiger partial charge in [0.05, 0.1) is 23.1 Å². The number of aryl methyl sites for hydroxylation is 2. The van der Waals surface area contributed by atoms with Crippen LogP contribution in [0.15, 0.2) is 58.1 Å². The van der Waals surface area contributed by atoms with Gasteiger partial charge in [0.15, 0.2) is 0 Å². The van der Waals surface area contributed by atoms with Crippen LogP contribution in [0.4, 0.5) is 10.1 Å². The molecular weight excluding hydrogens is 469 g/mol. The average Bonchev–Trinajstić information content (AvgIpc) is 3.04. The first kappa shape index (κ1) is 20.4. The van der Waals surface area contributed by atoms with Crippen molar-refractivity contribution in [2.45, 2.75) is 20.4 Å². The van der Waals surface area contributed by atoms with Gasteiger partial charge in [-0.2, -0.15) is 0 Å². The molecule has 1 amide bonds. The molecule has 152 valence electrons. The van der Waals surface area contributed by atoms with E-state index in [1.54, 1.807) is 19.1 Å². The average molecular weight is 486 g/mol. The molecule has 2 aromatic heterocycles. The fourth-order valence-electron chi connectivity index (χ4n) is 3.27. The summed E-state index contributed by atoms with van der Waals surface area (Å²) in [5.74, 6) is -0.638. The molecule has 0 radical (unpaired) electrons. The lowest BCUT2D eigenvalue weighted by atomic mass is 10.1. The predicted octanol–water partition coefficient (Wildman–Crippen LogP) is 5.28. The fourth-order valence-corrected chi connectivity index (χ4v) is 4.78. The van der Waals surface area contributed by atoms with Crippen molar-refractivity contribution in [1.29, 1.82) is 0 Å². The van der Waals surface area contributed by atoms with Crippen LogP contribution in [0.3, 0.4) is 0 Å². The lowest BCUT2D eigenvalue weighted by molar-refractivity contribution is 0.103. The Bertz CT molecular complexity index is 1350. The number of thiophene rings is 1. The van der Waals surface area contributed by atoms with Crippen LogP contribution < -0.4 is 10.9 Å². The van der Waals surface area contributed by atoms with Crippen LogP contribution in [-0.4, -0.2) is 15.5 Å². The minimum absolute atomic E-state index is 0.203. The molecule has 2 aromatic carbocycles. The van der Waals surface area contributed by atoms with Crippen molar-refractivity contribution >= 4 is 49.1 Å². The molecule has 0 aliphatic rings. The van der Waals surface area contributed by atoms with Gasteiger partial charge in [-0.25, -0.2) is 9.37 Å². The first-order valence-corrected chi connectivity index (χ1v) is 10.7. The number of nitrogens with one attached hydrogen (secondary N) is 1. The predicted molar refractivity (Wildman–Crippen MR) is 121 cm³/mol. The Morgan fingerprint density at radius 1 is 1.23 bits per heavy atom. The van der Waals surface area contributed by atoms with Crippen LogP contribution in [0.2, 0.25) is 0 Å². The van der Waals surface area contributed by atoms with Gasteiger partial charge in [0.1, 0.15) is 10.6 Å². The maximum atomic E-state index is 13.5. The standard InChI is InChI=1S/C22H17BrFN3O2S/c1-12-8-15(23)6-7-17(12)26-20(28)19-13(2)18-21(30-19)25-11-27(22(18)29)10-14-4-3-5-16(24)9-14/h3-9,11H,10H2,1-2H3,(H,26,28).